The smallest absolute Gasteiger partial charge is 0.310 e. The fourth-order valence-electron chi connectivity index (χ4n) is 7.55. The van der Waals surface area contributed by atoms with E-state index in [-0.39, 0.29) is 18.3 Å². The number of carbonyl (C=O) groups is 3. The van der Waals surface area contributed by atoms with E-state index in [0.717, 1.165) is 0 Å². The second kappa shape index (κ2) is 11.6. The van der Waals surface area contributed by atoms with Crippen molar-refractivity contribution in [3.05, 3.63) is 24.2 Å². The number of furan rings is 1. The van der Waals surface area contributed by atoms with Gasteiger partial charge in [0.25, 0.3) is 0 Å². The Morgan fingerprint density at radius 3 is 2.41 bits per heavy atom. The number of hydrogen-bond acceptors (Lipinski definition) is 13. The first-order valence-corrected chi connectivity index (χ1v) is 14.0. The highest BCUT2D eigenvalue weighted by Crippen LogP contribution is 2.61. The molecular weight excluding hydrogens is 544 g/mol. The van der Waals surface area contributed by atoms with Gasteiger partial charge in [0.05, 0.1) is 31.2 Å². The van der Waals surface area contributed by atoms with Crippen LogP contribution in [0.15, 0.2) is 23.0 Å². The summed E-state index contributed by atoms with van der Waals surface area (Å²) in [5, 5.41) is 40.9. The Bertz CT molecular complexity index is 1100. The Hall–Kier alpha value is -2.55. The van der Waals surface area contributed by atoms with Crippen LogP contribution in [0.25, 0.3) is 0 Å². The van der Waals surface area contributed by atoms with Gasteiger partial charge in [0.15, 0.2) is 6.29 Å². The molecule has 0 bridgehead atoms. The van der Waals surface area contributed by atoms with E-state index in [9.17, 15) is 34.8 Å². The van der Waals surface area contributed by atoms with Crippen molar-refractivity contribution in [2.75, 3.05) is 6.61 Å². The average Bonchev–Trinajstić information content (AvgIpc) is 3.45. The van der Waals surface area contributed by atoms with E-state index in [2.05, 4.69) is 0 Å². The molecule has 0 aromatic carbocycles. The lowest BCUT2D eigenvalue weighted by Crippen LogP contribution is -2.65. The molecule has 41 heavy (non-hydrogen) atoms. The highest BCUT2D eigenvalue weighted by molar-refractivity contribution is 5.75. The van der Waals surface area contributed by atoms with Crippen LogP contribution in [0.5, 0.6) is 0 Å². The molecule has 0 amide bonds. The maximum atomic E-state index is 13.4. The second-order valence-electron chi connectivity index (χ2n) is 11.8. The summed E-state index contributed by atoms with van der Waals surface area (Å²) < 4.78 is 34.4. The maximum Gasteiger partial charge on any atom is 0.310 e. The van der Waals surface area contributed by atoms with Gasteiger partial charge in [0.2, 0.25) is 0 Å². The topological polar surface area (TPSA) is 191 Å². The van der Waals surface area contributed by atoms with Gasteiger partial charge < -0.3 is 48.5 Å². The molecule has 4 N–H and O–H groups in total. The van der Waals surface area contributed by atoms with Crippen molar-refractivity contribution < 1.29 is 62.9 Å². The summed E-state index contributed by atoms with van der Waals surface area (Å²) in [6.45, 7) is 3.83. The van der Waals surface area contributed by atoms with Crippen molar-refractivity contribution in [3.8, 4) is 0 Å². The van der Waals surface area contributed by atoms with Gasteiger partial charge in [-0.2, -0.15) is 0 Å². The predicted octanol–water partition coefficient (Wildman–Crippen LogP) is 0.369. The molecule has 4 fully saturated rings. The molecule has 0 unspecified atom stereocenters. The van der Waals surface area contributed by atoms with Gasteiger partial charge in [-0.15, -0.1) is 0 Å². The van der Waals surface area contributed by atoms with Gasteiger partial charge in [-0.25, -0.2) is 0 Å². The summed E-state index contributed by atoms with van der Waals surface area (Å²) in [7, 11) is 0. The standard InChI is InChI=1S/C28H38O13/c1-12(30)37-18-8-17(40-27-24(34)23(33)22(32)20(10-29)41-27)15-4-5-16-26(35)39-19(14-6-7-36-11-14)9-28(16,3)21(15)25(18)38-13(2)31/h6-7,11,15-25,27,29,32-34H,4-5,8-10H2,1-3H3/t15-,16+,17-,18-,19+,20-,21+,22-,23+,24-,25-,27+,28+/m1/s1. The highest BCUT2D eigenvalue weighted by Gasteiger charge is 2.64. The van der Waals surface area contributed by atoms with E-state index in [1.54, 1.807) is 6.07 Å². The van der Waals surface area contributed by atoms with Crippen LogP contribution in [0.3, 0.4) is 0 Å². The summed E-state index contributed by atoms with van der Waals surface area (Å²) in [6.07, 6.45) is -6.25. The number of cyclic esters (lactones) is 1. The Labute approximate surface area is 236 Å². The molecule has 2 aliphatic heterocycles. The van der Waals surface area contributed by atoms with Crippen LogP contribution < -0.4 is 0 Å². The summed E-state index contributed by atoms with van der Waals surface area (Å²) >= 11 is 0. The molecule has 3 heterocycles. The normalized spacial score (nSPS) is 44.2. The SMILES string of the molecule is CC(=O)O[C@H]1[C@@H]2[C@H](CC[C@H]3C(=O)O[C@H](c4ccoc4)C[C@]23C)[C@H](O[C@H]2O[C@H](CO)[C@@H](O)[C@H](O)[C@H]2O)C[C@H]1OC(C)=O. The third kappa shape index (κ3) is 5.51. The number of aliphatic hydroxyl groups is 4. The first-order valence-electron chi connectivity index (χ1n) is 14.0. The van der Waals surface area contributed by atoms with Crippen LogP contribution in [0, 0.1) is 23.2 Å². The molecular formula is C28H38O13. The first kappa shape index (κ1) is 29.9. The van der Waals surface area contributed by atoms with Crippen molar-refractivity contribution in [1.29, 1.82) is 0 Å². The van der Waals surface area contributed by atoms with E-state index < -0.39 is 90.9 Å². The minimum Gasteiger partial charge on any atom is -0.472 e. The molecule has 13 nitrogen and oxygen atoms in total. The van der Waals surface area contributed by atoms with Crippen LogP contribution in [0.2, 0.25) is 0 Å². The van der Waals surface area contributed by atoms with E-state index in [0.29, 0.717) is 24.8 Å². The van der Waals surface area contributed by atoms with Crippen molar-refractivity contribution in [1.82, 2.24) is 0 Å². The van der Waals surface area contributed by atoms with E-state index in [4.69, 9.17) is 28.1 Å². The predicted molar refractivity (Wildman–Crippen MR) is 134 cm³/mol. The number of hydrogen-bond donors (Lipinski definition) is 4. The van der Waals surface area contributed by atoms with Gasteiger partial charge in [0.1, 0.15) is 42.7 Å². The third-order valence-corrected chi connectivity index (χ3v) is 9.33. The van der Waals surface area contributed by atoms with E-state index in [1.807, 2.05) is 6.92 Å². The lowest BCUT2D eigenvalue weighted by atomic mass is 9.49. The average molecular weight is 583 g/mol. The minimum absolute atomic E-state index is 0.0735. The zero-order valence-corrected chi connectivity index (χ0v) is 23.2. The fourth-order valence-corrected chi connectivity index (χ4v) is 7.55. The number of carbonyl (C=O) groups excluding carboxylic acids is 3. The highest BCUT2D eigenvalue weighted by atomic mass is 16.7. The van der Waals surface area contributed by atoms with Crippen LogP contribution in [-0.4, -0.2) is 94.0 Å². The van der Waals surface area contributed by atoms with Crippen molar-refractivity contribution >= 4 is 17.9 Å². The number of aliphatic hydroxyl groups excluding tert-OH is 4. The van der Waals surface area contributed by atoms with E-state index >= 15 is 0 Å². The number of rotatable bonds is 6. The Kier molecular flexibility index (Phi) is 8.48. The number of fused-ring (bicyclic) bond motifs is 3. The van der Waals surface area contributed by atoms with Gasteiger partial charge in [0, 0.05) is 31.7 Å². The van der Waals surface area contributed by atoms with Gasteiger partial charge in [-0.05, 0) is 36.7 Å². The van der Waals surface area contributed by atoms with Crippen LogP contribution in [-0.2, 0) is 38.1 Å². The summed E-state index contributed by atoms with van der Waals surface area (Å²) in [4.78, 5) is 37.9. The molecule has 1 aromatic heterocycles. The molecule has 13 atom stereocenters. The van der Waals surface area contributed by atoms with Crippen LogP contribution >= 0.6 is 0 Å². The maximum absolute atomic E-state index is 13.4. The molecule has 0 radical (unpaired) electrons. The molecule has 4 aliphatic rings. The summed E-state index contributed by atoms with van der Waals surface area (Å²) in [5.41, 5.74) is -0.110. The Morgan fingerprint density at radius 2 is 1.78 bits per heavy atom. The summed E-state index contributed by atoms with van der Waals surface area (Å²) in [5.74, 6) is -2.99. The molecule has 0 spiro atoms. The zero-order valence-electron chi connectivity index (χ0n) is 23.2. The van der Waals surface area contributed by atoms with Gasteiger partial charge in [-0.1, -0.05) is 6.92 Å². The fraction of sp³-hybridized carbons (Fsp3) is 0.750. The van der Waals surface area contributed by atoms with Crippen LogP contribution in [0.4, 0.5) is 0 Å². The monoisotopic (exact) mass is 582 g/mol. The van der Waals surface area contributed by atoms with E-state index in [1.165, 1.54) is 26.4 Å². The third-order valence-electron chi connectivity index (χ3n) is 9.33. The molecule has 1 aromatic rings. The molecule has 2 saturated carbocycles. The number of ether oxygens (including phenoxy) is 5. The lowest BCUT2D eigenvalue weighted by Gasteiger charge is -2.59. The van der Waals surface area contributed by atoms with Crippen molar-refractivity contribution in [2.45, 2.75) is 102 Å². The molecule has 2 aliphatic carbocycles. The zero-order chi connectivity index (χ0) is 29.6. The largest absolute Gasteiger partial charge is 0.472 e. The first-order chi connectivity index (χ1) is 19.4. The molecule has 13 heteroatoms. The molecule has 5 rings (SSSR count). The van der Waals surface area contributed by atoms with Crippen molar-refractivity contribution in [2.24, 2.45) is 23.2 Å². The summed E-state index contributed by atoms with van der Waals surface area (Å²) in [6, 6.07) is 1.72. The molecule has 228 valence electrons. The Balaban J connectivity index is 1.52. The van der Waals surface area contributed by atoms with Gasteiger partial charge >= 0.3 is 17.9 Å². The molecule has 2 saturated heterocycles. The Morgan fingerprint density at radius 1 is 1.05 bits per heavy atom. The number of esters is 3. The van der Waals surface area contributed by atoms with Gasteiger partial charge in [-0.3, -0.25) is 14.4 Å². The minimum atomic E-state index is -1.64. The van der Waals surface area contributed by atoms with Crippen LogP contribution in [0.1, 0.15) is 58.1 Å². The quantitative estimate of drug-likeness (QED) is 0.266. The second-order valence-corrected chi connectivity index (χ2v) is 11.8. The lowest BCUT2D eigenvalue weighted by molar-refractivity contribution is -0.328. The van der Waals surface area contributed by atoms with Crippen molar-refractivity contribution in [3.63, 3.8) is 0 Å².